The number of nitrogens with zero attached hydrogens (tertiary/aromatic N) is 4. The van der Waals surface area contributed by atoms with Crippen molar-refractivity contribution in [2.45, 2.75) is 25.5 Å². The fraction of sp³-hybridized carbons (Fsp3) is 0.364. The number of nitrogens with one attached hydrogen (secondary N) is 1. The lowest BCUT2D eigenvalue weighted by Crippen LogP contribution is -2.27. The van der Waals surface area contributed by atoms with Crippen LogP contribution in [-0.2, 0) is 0 Å². The van der Waals surface area contributed by atoms with Crippen LogP contribution in [0.25, 0.3) is 11.3 Å². The van der Waals surface area contributed by atoms with Gasteiger partial charge in [-0.2, -0.15) is 5.10 Å². The summed E-state index contributed by atoms with van der Waals surface area (Å²) in [6, 6.07) is 6.20. The lowest BCUT2D eigenvalue weighted by atomic mass is 10.0. The summed E-state index contributed by atoms with van der Waals surface area (Å²) in [7, 11) is 0. The zero-order chi connectivity index (χ0) is 20.8. The van der Waals surface area contributed by atoms with E-state index < -0.39 is 6.10 Å². The Morgan fingerprint density at radius 2 is 2.20 bits per heavy atom. The summed E-state index contributed by atoms with van der Waals surface area (Å²) < 4.78 is 22.0. The van der Waals surface area contributed by atoms with Gasteiger partial charge in [0.15, 0.2) is 5.65 Å². The van der Waals surface area contributed by atoms with Crippen molar-refractivity contribution in [3.63, 3.8) is 0 Å². The summed E-state index contributed by atoms with van der Waals surface area (Å²) >= 11 is 0. The second-order valence-electron chi connectivity index (χ2n) is 8.13. The highest BCUT2D eigenvalue weighted by Crippen LogP contribution is 2.40. The van der Waals surface area contributed by atoms with E-state index in [9.17, 15) is 9.50 Å². The van der Waals surface area contributed by atoms with Gasteiger partial charge in [-0.1, -0.05) is 13.5 Å². The van der Waals surface area contributed by atoms with Crippen LogP contribution in [0, 0.1) is 11.7 Å². The molecule has 2 aromatic heterocycles. The largest absolute Gasteiger partial charge is 0.493 e. The van der Waals surface area contributed by atoms with Gasteiger partial charge in [0.2, 0.25) is 0 Å². The second kappa shape index (κ2) is 7.28. The highest BCUT2D eigenvalue weighted by molar-refractivity contribution is 5.74. The Kier molecular flexibility index (Phi) is 4.58. The summed E-state index contributed by atoms with van der Waals surface area (Å²) in [5.74, 6) is 1.19. The van der Waals surface area contributed by atoms with Gasteiger partial charge in [0.25, 0.3) is 0 Å². The zero-order valence-corrected chi connectivity index (χ0v) is 16.8. The summed E-state index contributed by atoms with van der Waals surface area (Å²) in [5, 5.41) is 18.2. The summed E-state index contributed by atoms with van der Waals surface area (Å²) in [6.45, 7) is 7.78. The number of aromatic nitrogens is 3. The van der Waals surface area contributed by atoms with E-state index in [1.807, 2.05) is 17.2 Å². The van der Waals surface area contributed by atoms with Crippen LogP contribution < -0.4 is 15.0 Å². The van der Waals surface area contributed by atoms with Crippen molar-refractivity contribution in [2.24, 2.45) is 5.92 Å². The van der Waals surface area contributed by atoms with Gasteiger partial charge in [-0.25, -0.2) is 13.9 Å². The Labute approximate surface area is 173 Å². The number of aliphatic hydroxyl groups excluding tert-OH is 1. The van der Waals surface area contributed by atoms with Crippen molar-refractivity contribution in [1.82, 2.24) is 19.9 Å². The molecule has 3 atom stereocenters. The molecule has 1 fully saturated rings. The third-order valence-electron chi connectivity index (χ3n) is 5.77. The molecular weight excluding hydrogens is 385 g/mol. The van der Waals surface area contributed by atoms with E-state index in [-0.39, 0.29) is 17.8 Å². The normalized spacial score (nSPS) is 24.2. The average molecular weight is 409 g/mol. The molecule has 2 bridgehead atoms. The lowest BCUT2D eigenvalue weighted by Gasteiger charge is -2.28. The first-order valence-corrected chi connectivity index (χ1v) is 10.1. The Hall–Kier alpha value is -3.13. The van der Waals surface area contributed by atoms with E-state index in [2.05, 4.69) is 23.9 Å². The van der Waals surface area contributed by atoms with Gasteiger partial charge in [-0.15, -0.1) is 0 Å². The van der Waals surface area contributed by atoms with Crippen LogP contribution >= 0.6 is 0 Å². The topological polar surface area (TPSA) is 74.9 Å². The highest BCUT2D eigenvalue weighted by Gasteiger charge is 2.35. The number of halogens is 1. The molecule has 0 aliphatic carbocycles. The third kappa shape index (κ3) is 3.27. The molecule has 2 N–H and O–H groups in total. The van der Waals surface area contributed by atoms with Crippen molar-refractivity contribution >= 4 is 17.2 Å². The summed E-state index contributed by atoms with van der Waals surface area (Å²) in [5.41, 5.74) is 2.98. The molecule has 1 saturated heterocycles. The Morgan fingerprint density at radius 3 is 3.07 bits per heavy atom. The molecule has 0 spiro atoms. The van der Waals surface area contributed by atoms with Crippen LogP contribution in [0.5, 0.6) is 5.75 Å². The van der Waals surface area contributed by atoms with Crippen LogP contribution in [0.15, 0.2) is 43.2 Å². The molecule has 3 aromatic rings. The fourth-order valence-electron chi connectivity index (χ4n) is 4.19. The van der Waals surface area contributed by atoms with Crippen LogP contribution in [-0.4, -0.2) is 45.5 Å². The Balaban J connectivity index is 1.67. The number of aliphatic hydroxyl groups is 1. The number of hydrogen-bond donors (Lipinski definition) is 2. The van der Waals surface area contributed by atoms with Crippen molar-refractivity contribution < 1.29 is 14.2 Å². The van der Waals surface area contributed by atoms with E-state index >= 15 is 0 Å². The first-order valence-electron chi connectivity index (χ1n) is 10.1. The van der Waals surface area contributed by atoms with Gasteiger partial charge in [0, 0.05) is 36.5 Å². The molecule has 156 valence electrons. The Morgan fingerprint density at radius 1 is 1.33 bits per heavy atom. The molecule has 5 rings (SSSR count). The van der Waals surface area contributed by atoms with Crippen molar-refractivity contribution in [2.75, 3.05) is 24.6 Å². The number of ether oxygens (including phenoxy) is 1. The van der Waals surface area contributed by atoms with Gasteiger partial charge < -0.3 is 20.1 Å². The van der Waals surface area contributed by atoms with Gasteiger partial charge >= 0.3 is 0 Å². The quantitative estimate of drug-likeness (QED) is 0.595. The molecular formula is C22H24FN5O2. The SMILES string of the molecule is C=C1NC[C@@H](C)COc2ccc(F)cc2[C@@H]2C[C@@H](O)CN2c2ccn3ncc1c3n2. The minimum absolute atomic E-state index is 0.193. The predicted octanol–water partition coefficient (Wildman–Crippen LogP) is 2.77. The van der Waals surface area contributed by atoms with E-state index in [1.165, 1.54) is 12.1 Å². The molecule has 0 radical (unpaired) electrons. The minimum atomic E-state index is -0.542. The van der Waals surface area contributed by atoms with E-state index in [4.69, 9.17) is 9.72 Å². The molecule has 4 heterocycles. The minimum Gasteiger partial charge on any atom is -0.493 e. The molecule has 2 aliphatic rings. The first-order chi connectivity index (χ1) is 14.5. The standard InChI is InChI=1S/C22H24FN5O2/c1-13-9-24-14(2)18-10-25-28-6-5-21(26-22(18)28)27-11-16(29)8-19(27)17-7-15(23)3-4-20(17)30-12-13/h3-7,10,13,16,19,24,29H,2,8-9,11-12H2,1H3/t13-,16-,19+/m1/s1. The molecule has 8 heteroatoms. The monoisotopic (exact) mass is 409 g/mol. The van der Waals surface area contributed by atoms with Gasteiger partial charge in [-0.3, -0.25) is 0 Å². The average Bonchev–Trinajstić information content (AvgIpc) is 3.33. The predicted molar refractivity (Wildman–Crippen MR) is 112 cm³/mol. The maximum Gasteiger partial charge on any atom is 0.166 e. The van der Waals surface area contributed by atoms with Gasteiger partial charge in [0.1, 0.15) is 17.4 Å². The summed E-state index contributed by atoms with van der Waals surface area (Å²) in [4.78, 5) is 6.83. The van der Waals surface area contributed by atoms with Crippen molar-refractivity contribution in [3.05, 3.63) is 60.2 Å². The van der Waals surface area contributed by atoms with Gasteiger partial charge in [0.05, 0.1) is 30.5 Å². The summed E-state index contributed by atoms with van der Waals surface area (Å²) in [6.07, 6.45) is 3.52. The van der Waals surface area contributed by atoms with Gasteiger partial charge in [-0.05, 0) is 30.7 Å². The maximum atomic E-state index is 14.2. The molecule has 2 aliphatic heterocycles. The molecule has 1 aromatic carbocycles. The van der Waals surface area contributed by atoms with Crippen LogP contribution in [0.2, 0.25) is 0 Å². The number of fused-ring (bicyclic) bond motifs is 5. The maximum absolute atomic E-state index is 14.2. The molecule has 0 saturated carbocycles. The number of anilines is 1. The van der Waals surface area contributed by atoms with E-state index in [0.717, 1.165) is 16.8 Å². The second-order valence-corrected chi connectivity index (χ2v) is 8.13. The van der Waals surface area contributed by atoms with Crippen molar-refractivity contribution in [3.8, 4) is 5.75 Å². The third-order valence-corrected chi connectivity index (χ3v) is 5.77. The van der Waals surface area contributed by atoms with Crippen molar-refractivity contribution in [1.29, 1.82) is 0 Å². The molecule has 0 unspecified atom stereocenters. The lowest BCUT2D eigenvalue weighted by molar-refractivity contribution is 0.193. The highest BCUT2D eigenvalue weighted by atomic mass is 19.1. The Bertz CT molecular complexity index is 1110. The molecule has 7 nitrogen and oxygen atoms in total. The van der Waals surface area contributed by atoms with Crippen LogP contribution in [0.3, 0.4) is 0 Å². The number of rotatable bonds is 0. The fourth-order valence-corrected chi connectivity index (χ4v) is 4.19. The van der Waals surface area contributed by atoms with Crippen LogP contribution in [0.4, 0.5) is 10.2 Å². The smallest absolute Gasteiger partial charge is 0.166 e. The van der Waals surface area contributed by atoms with Crippen LogP contribution in [0.1, 0.15) is 30.5 Å². The number of benzene rings is 1. The first kappa shape index (κ1) is 18.9. The van der Waals surface area contributed by atoms with E-state index in [0.29, 0.717) is 43.3 Å². The zero-order valence-electron chi connectivity index (χ0n) is 16.8. The van der Waals surface area contributed by atoms with E-state index in [1.54, 1.807) is 16.8 Å². The molecule has 30 heavy (non-hydrogen) atoms. The molecule has 0 amide bonds. The number of hydrogen-bond acceptors (Lipinski definition) is 6.